The molecule has 1 saturated heterocycles. The number of benzene rings is 1. The summed E-state index contributed by atoms with van der Waals surface area (Å²) in [6, 6.07) is 8.20. The van der Waals surface area contributed by atoms with Gasteiger partial charge in [-0.3, -0.25) is 0 Å². The van der Waals surface area contributed by atoms with Gasteiger partial charge in [0.05, 0.1) is 24.6 Å². The third-order valence-corrected chi connectivity index (χ3v) is 4.36. The van der Waals surface area contributed by atoms with E-state index in [1.54, 1.807) is 42.4 Å². The number of halogens is 1. The van der Waals surface area contributed by atoms with Crippen molar-refractivity contribution < 1.29 is 18.7 Å². The molecule has 6 nitrogen and oxygen atoms in total. The number of hydrogen-bond donors (Lipinski definition) is 2. The van der Waals surface area contributed by atoms with Gasteiger partial charge in [-0.05, 0) is 36.8 Å². The van der Waals surface area contributed by atoms with Crippen LogP contribution < -0.4 is 10.2 Å². The SMILES string of the molecule is C[C@H](O)c1ccc(N2CCN(C(=O)NCc3ccco3)CC2)c(F)c1. The number of piperazine rings is 1. The number of nitrogens with one attached hydrogen (secondary N) is 1. The predicted molar refractivity (Wildman–Crippen MR) is 91.8 cm³/mol. The second-order valence-corrected chi connectivity index (χ2v) is 6.10. The second-order valence-electron chi connectivity index (χ2n) is 6.10. The minimum absolute atomic E-state index is 0.152. The molecule has 2 N–H and O–H groups in total. The van der Waals surface area contributed by atoms with Crippen LogP contribution in [0.4, 0.5) is 14.9 Å². The van der Waals surface area contributed by atoms with Crippen LogP contribution in [0, 0.1) is 5.82 Å². The normalized spacial score (nSPS) is 16.0. The molecule has 1 aromatic heterocycles. The van der Waals surface area contributed by atoms with Crippen molar-refractivity contribution in [1.29, 1.82) is 0 Å². The highest BCUT2D eigenvalue weighted by molar-refractivity contribution is 5.74. The maximum atomic E-state index is 14.3. The fourth-order valence-corrected chi connectivity index (χ4v) is 2.88. The number of aliphatic hydroxyl groups excluding tert-OH is 1. The van der Waals surface area contributed by atoms with E-state index in [4.69, 9.17) is 4.42 Å². The Morgan fingerprint density at radius 3 is 2.68 bits per heavy atom. The van der Waals surface area contributed by atoms with Crippen molar-refractivity contribution in [3.05, 3.63) is 53.7 Å². The molecule has 1 aliphatic rings. The van der Waals surface area contributed by atoms with Crippen LogP contribution in [0.2, 0.25) is 0 Å². The van der Waals surface area contributed by atoms with E-state index in [-0.39, 0.29) is 11.8 Å². The highest BCUT2D eigenvalue weighted by Crippen LogP contribution is 2.24. The maximum absolute atomic E-state index is 14.3. The summed E-state index contributed by atoms with van der Waals surface area (Å²) >= 11 is 0. The van der Waals surface area contributed by atoms with Gasteiger partial charge in [-0.1, -0.05) is 6.07 Å². The summed E-state index contributed by atoms with van der Waals surface area (Å²) in [6.07, 6.45) is 0.871. The van der Waals surface area contributed by atoms with E-state index < -0.39 is 6.10 Å². The van der Waals surface area contributed by atoms with Gasteiger partial charge in [0.1, 0.15) is 11.6 Å². The molecule has 2 heterocycles. The second kappa shape index (κ2) is 7.57. The van der Waals surface area contributed by atoms with E-state index in [0.717, 1.165) is 0 Å². The Bertz CT molecular complexity index is 710. The van der Waals surface area contributed by atoms with Crippen LogP contribution in [0.25, 0.3) is 0 Å². The van der Waals surface area contributed by atoms with Gasteiger partial charge in [0.2, 0.25) is 0 Å². The number of aliphatic hydroxyl groups is 1. The molecule has 0 unspecified atom stereocenters. The van der Waals surface area contributed by atoms with Gasteiger partial charge in [-0.2, -0.15) is 0 Å². The zero-order valence-corrected chi connectivity index (χ0v) is 14.1. The molecule has 0 aliphatic carbocycles. The number of rotatable bonds is 4. The van der Waals surface area contributed by atoms with E-state index in [2.05, 4.69) is 5.32 Å². The fourth-order valence-electron chi connectivity index (χ4n) is 2.88. The lowest BCUT2D eigenvalue weighted by molar-refractivity contribution is 0.192. The monoisotopic (exact) mass is 347 g/mol. The zero-order chi connectivity index (χ0) is 17.8. The number of anilines is 1. The van der Waals surface area contributed by atoms with Crippen molar-refractivity contribution in [1.82, 2.24) is 10.2 Å². The van der Waals surface area contributed by atoms with Crippen LogP contribution in [0.5, 0.6) is 0 Å². The molecule has 1 fully saturated rings. The summed E-state index contributed by atoms with van der Waals surface area (Å²) in [6.45, 7) is 4.09. The van der Waals surface area contributed by atoms with Crippen molar-refractivity contribution in [2.45, 2.75) is 19.6 Å². The largest absolute Gasteiger partial charge is 0.467 e. The standard InChI is InChI=1S/C18H22FN3O3/c1-13(23)14-4-5-17(16(19)11-14)21-6-8-22(9-7-21)18(24)20-12-15-3-2-10-25-15/h2-5,10-11,13,23H,6-9,12H2,1H3,(H,20,24)/t13-/m0/s1. The number of urea groups is 1. The van der Waals surface area contributed by atoms with Crippen molar-refractivity contribution in [3.63, 3.8) is 0 Å². The van der Waals surface area contributed by atoms with Gasteiger partial charge < -0.3 is 24.6 Å². The quantitative estimate of drug-likeness (QED) is 0.892. The molecule has 3 rings (SSSR count). The van der Waals surface area contributed by atoms with Crippen LogP contribution in [0.1, 0.15) is 24.4 Å². The average Bonchev–Trinajstić information content (AvgIpc) is 3.13. The number of amides is 2. The van der Waals surface area contributed by atoms with E-state index in [1.165, 1.54) is 6.07 Å². The lowest BCUT2D eigenvalue weighted by atomic mass is 10.1. The Balaban J connectivity index is 1.54. The topological polar surface area (TPSA) is 69.0 Å². The Hall–Kier alpha value is -2.54. The summed E-state index contributed by atoms with van der Waals surface area (Å²) in [5, 5.41) is 12.3. The van der Waals surface area contributed by atoms with Crippen molar-refractivity contribution in [3.8, 4) is 0 Å². The molecule has 1 aromatic carbocycles. The minimum atomic E-state index is -0.696. The number of nitrogens with zero attached hydrogens (tertiary/aromatic N) is 2. The Morgan fingerprint density at radius 1 is 1.32 bits per heavy atom. The molecule has 0 bridgehead atoms. The zero-order valence-electron chi connectivity index (χ0n) is 14.1. The van der Waals surface area contributed by atoms with Gasteiger partial charge in [-0.25, -0.2) is 9.18 Å². The first-order valence-corrected chi connectivity index (χ1v) is 8.32. The Kier molecular flexibility index (Phi) is 5.23. The van der Waals surface area contributed by atoms with Crippen LogP contribution in [0.15, 0.2) is 41.0 Å². The molecule has 0 radical (unpaired) electrons. The van der Waals surface area contributed by atoms with E-state index in [9.17, 15) is 14.3 Å². The molecule has 0 spiro atoms. The fraction of sp³-hybridized carbons (Fsp3) is 0.389. The molecule has 1 aliphatic heterocycles. The van der Waals surface area contributed by atoms with Gasteiger partial charge in [-0.15, -0.1) is 0 Å². The summed E-state index contributed by atoms with van der Waals surface area (Å²) < 4.78 is 19.5. The lowest BCUT2D eigenvalue weighted by Gasteiger charge is -2.36. The first kappa shape index (κ1) is 17.3. The first-order valence-electron chi connectivity index (χ1n) is 8.32. The summed E-state index contributed by atoms with van der Waals surface area (Å²) in [7, 11) is 0. The first-order chi connectivity index (χ1) is 12.0. The minimum Gasteiger partial charge on any atom is -0.467 e. The van der Waals surface area contributed by atoms with E-state index >= 15 is 0 Å². The average molecular weight is 347 g/mol. The van der Waals surface area contributed by atoms with Gasteiger partial charge >= 0.3 is 6.03 Å². The highest BCUT2D eigenvalue weighted by atomic mass is 19.1. The molecule has 2 amide bonds. The van der Waals surface area contributed by atoms with Gasteiger partial charge in [0.25, 0.3) is 0 Å². The van der Waals surface area contributed by atoms with Crippen LogP contribution in [-0.4, -0.2) is 42.2 Å². The van der Waals surface area contributed by atoms with Gasteiger partial charge in [0, 0.05) is 26.2 Å². The Labute approximate surface area is 145 Å². The van der Waals surface area contributed by atoms with Crippen molar-refractivity contribution in [2.75, 3.05) is 31.1 Å². The van der Waals surface area contributed by atoms with Gasteiger partial charge in [0.15, 0.2) is 0 Å². The van der Waals surface area contributed by atoms with Crippen LogP contribution >= 0.6 is 0 Å². The smallest absolute Gasteiger partial charge is 0.317 e. The summed E-state index contributed by atoms with van der Waals surface area (Å²) in [5.74, 6) is 0.348. The maximum Gasteiger partial charge on any atom is 0.317 e. The molecule has 134 valence electrons. The molecular formula is C18H22FN3O3. The van der Waals surface area contributed by atoms with E-state index in [0.29, 0.717) is 49.7 Å². The summed E-state index contributed by atoms with van der Waals surface area (Å²) in [4.78, 5) is 15.8. The van der Waals surface area contributed by atoms with Crippen molar-refractivity contribution in [2.24, 2.45) is 0 Å². The third-order valence-electron chi connectivity index (χ3n) is 4.36. The molecule has 1 atom stereocenters. The molecule has 25 heavy (non-hydrogen) atoms. The predicted octanol–water partition coefficient (Wildman–Crippen LogP) is 2.50. The van der Waals surface area contributed by atoms with Crippen LogP contribution in [-0.2, 0) is 6.54 Å². The lowest BCUT2D eigenvalue weighted by Crippen LogP contribution is -2.51. The molecule has 0 saturated carbocycles. The van der Waals surface area contributed by atoms with E-state index in [1.807, 2.05) is 4.90 Å². The molecule has 7 heteroatoms. The summed E-state index contributed by atoms with van der Waals surface area (Å²) in [5.41, 5.74) is 1.05. The highest BCUT2D eigenvalue weighted by Gasteiger charge is 2.23. The van der Waals surface area contributed by atoms with Crippen molar-refractivity contribution >= 4 is 11.7 Å². The molecular weight excluding hydrogens is 325 g/mol. The number of furan rings is 1. The third kappa shape index (κ3) is 4.11. The number of carbonyl (C=O) groups is 1. The van der Waals surface area contributed by atoms with Crippen LogP contribution in [0.3, 0.4) is 0 Å². The number of carbonyl (C=O) groups excluding carboxylic acids is 1. The Morgan fingerprint density at radius 2 is 2.08 bits per heavy atom. The number of hydrogen-bond acceptors (Lipinski definition) is 4. The molecule has 2 aromatic rings.